The van der Waals surface area contributed by atoms with Crippen LogP contribution >= 0.6 is 0 Å². The summed E-state index contributed by atoms with van der Waals surface area (Å²) in [7, 11) is 0. The van der Waals surface area contributed by atoms with E-state index in [1.54, 1.807) is 0 Å². The Hall–Kier alpha value is -0.780. The molecule has 2 heteroatoms. The molecule has 3 atom stereocenters. The van der Waals surface area contributed by atoms with Crippen molar-refractivity contribution >= 4 is 0 Å². The normalized spacial score (nSPS) is 36.0. The highest BCUT2D eigenvalue weighted by Crippen LogP contribution is 2.32. The molecule has 1 fully saturated rings. The van der Waals surface area contributed by atoms with Gasteiger partial charge in [-0.2, -0.15) is 0 Å². The number of hydrogen-bond donors (Lipinski definition) is 0. The third-order valence-electron chi connectivity index (χ3n) is 2.51. The molecular formula is C12H18O2. The number of terminal acetylenes is 1. The summed E-state index contributed by atoms with van der Waals surface area (Å²) in [5.41, 5.74) is 0. The predicted octanol–water partition coefficient (Wildman–Crippen LogP) is 2.35. The van der Waals surface area contributed by atoms with Crippen LogP contribution in [0.4, 0.5) is 0 Å². The minimum absolute atomic E-state index is 0.0251. The van der Waals surface area contributed by atoms with Gasteiger partial charge in [-0.15, -0.1) is 18.9 Å². The Balaban J connectivity index is 2.76. The van der Waals surface area contributed by atoms with E-state index in [9.17, 15) is 0 Å². The molecule has 1 aliphatic rings. The first kappa shape index (κ1) is 11.3. The SMILES string of the molecule is C#CC[C@H]1OC(C)(C)O[C@H](C=C)[C@@H]1C. The van der Waals surface area contributed by atoms with Crippen LogP contribution in [0.5, 0.6) is 0 Å². The Kier molecular flexibility index (Phi) is 3.36. The summed E-state index contributed by atoms with van der Waals surface area (Å²) < 4.78 is 11.4. The zero-order chi connectivity index (χ0) is 10.8. The van der Waals surface area contributed by atoms with Crippen LogP contribution in [0.1, 0.15) is 27.2 Å². The average molecular weight is 194 g/mol. The maximum absolute atomic E-state index is 5.75. The van der Waals surface area contributed by atoms with Crippen LogP contribution in [0.25, 0.3) is 0 Å². The summed E-state index contributed by atoms with van der Waals surface area (Å²) in [6.45, 7) is 9.64. The minimum Gasteiger partial charge on any atom is -0.346 e. The van der Waals surface area contributed by atoms with Crippen LogP contribution in [0, 0.1) is 18.3 Å². The van der Waals surface area contributed by atoms with E-state index >= 15 is 0 Å². The van der Waals surface area contributed by atoms with Crippen LogP contribution in [0.3, 0.4) is 0 Å². The molecule has 78 valence electrons. The molecule has 0 bridgehead atoms. The molecular weight excluding hydrogens is 176 g/mol. The lowest BCUT2D eigenvalue weighted by atomic mass is 9.93. The van der Waals surface area contributed by atoms with Crippen molar-refractivity contribution in [1.82, 2.24) is 0 Å². The molecule has 0 saturated carbocycles. The van der Waals surface area contributed by atoms with Gasteiger partial charge in [-0.3, -0.25) is 0 Å². The van der Waals surface area contributed by atoms with E-state index in [1.807, 2.05) is 19.9 Å². The Labute approximate surface area is 86.3 Å². The summed E-state index contributed by atoms with van der Waals surface area (Å²) >= 11 is 0. The molecule has 1 saturated heterocycles. The van der Waals surface area contributed by atoms with Gasteiger partial charge in [0.05, 0.1) is 12.2 Å². The van der Waals surface area contributed by atoms with E-state index in [2.05, 4.69) is 19.4 Å². The first-order valence-electron chi connectivity index (χ1n) is 4.92. The van der Waals surface area contributed by atoms with Crippen molar-refractivity contribution in [3.05, 3.63) is 12.7 Å². The highest BCUT2D eigenvalue weighted by atomic mass is 16.7. The van der Waals surface area contributed by atoms with E-state index in [1.165, 1.54) is 0 Å². The molecule has 0 radical (unpaired) electrons. The highest BCUT2D eigenvalue weighted by molar-refractivity contribution is 4.97. The Morgan fingerprint density at radius 1 is 1.50 bits per heavy atom. The van der Waals surface area contributed by atoms with Gasteiger partial charge in [-0.1, -0.05) is 13.0 Å². The molecule has 0 N–H and O–H groups in total. The van der Waals surface area contributed by atoms with E-state index in [4.69, 9.17) is 15.9 Å². The number of ether oxygens (including phenoxy) is 2. The van der Waals surface area contributed by atoms with Crippen molar-refractivity contribution in [3.8, 4) is 12.3 Å². The molecule has 14 heavy (non-hydrogen) atoms. The molecule has 0 unspecified atom stereocenters. The second-order valence-electron chi connectivity index (χ2n) is 4.14. The van der Waals surface area contributed by atoms with Gasteiger partial charge in [0.2, 0.25) is 0 Å². The number of hydrogen-bond acceptors (Lipinski definition) is 2. The summed E-state index contributed by atoms with van der Waals surface area (Å²) in [6, 6.07) is 0. The first-order valence-corrected chi connectivity index (χ1v) is 4.92. The van der Waals surface area contributed by atoms with E-state index < -0.39 is 5.79 Å². The fourth-order valence-electron chi connectivity index (χ4n) is 1.75. The second kappa shape index (κ2) is 4.16. The topological polar surface area (TPSA) is 18.5 Å². The zero-order valence-corrected chi connectivity index (χ0v) is 9.12. The van der Waals surface area contributed by atoms with Gasteiger partial charge >= 0.3 is 0 Å². The summed E-state index contributed by atoms with van der Waals surface area (Å²) in [4.78, 5) is 0. The van der Waals surface area contributed by atoms with Gasteiger partial charge in [0.1, 0.15) is 0 Å². The molecule has 2 nitrogen and oxygen atoms in total. The van der Waals surface area contributed by atoms with E-state index in [-0.39, 0.29) is 18.1 Å². The van der Waals surface area contributed by atoms with Crippen LogP contribution in [0.15, 0.2) is 12.7 Å². The molecule has 0 aromatic carbocycles. The van der Waals surface area contributed by atoms with Crippen molar-refractivity contribution in [3.63, 3.8) is 0 Å². The molecule has 0 spiro atoms. The fourth-order valence-corrected chi connectivity index (χ4v) is 1.75. The Morgan fingerprint density at radius 2 is 2.14 bits per heavy atom. The van der Waals surface area contributed by atoms with Gasteiger partial charge in [0.15, 0.2) is 5.79 Å². The van der Waals surface area contributed by atoms with Crippen molar-refractivity contribution < 1.29 is 9.47 Å². The van der Waals surface area contributed by atoms with Gasteiger partial charge in [-0.25, -0.2) is 0 Å². The maximum Gasteiger partial charge on any atom is 0.163 e. The van der Waals surface area contributed by atoms with Crippen molar-refractivity contribution in [2.75, 3.05) is 0 Å². The largest absolute Gasteiger partial charge is 0.346 e. The Morgan fingerprint density at radius 3 is 2.64 bits per heavy atom. The van der Waals surface area contributed by atoms with E-state index in [0.29, 0.717) is 6.42 Å². The molecule has 1 rings (SSSR count). The van der Waals surface area contributed by atoms with Crippen LogP contribution in [-0.2, 0) is 9.47 Å². The lowest BCUT2D eigenvalue weighted by Crippen LogP contribution is -2.49. The molecule has 0 aliphatic carbocycles. The monoisotopic (exact) mass is 194 g/mol. The summed E-state index contributed by atoms with van der Waals surface area (Å²) in [5.74, 6) is 2.33. The number of rotatable bonds is 2. The van der Waals surface area contributed by atoms with Crippen LogP contribution in [-0.4, -0.2) is 18.0 Å². The van der Waals surface area contributed by atoms with Gasteiger partial charge in [-0.05, 0) is 13.8 Å². The highest BCUT2D eigenvalue weighted by Gasteiger charge is 2.38. The van der Waals surface area contributed by atoms with Crippen LogP contribution in [0.2, 0.25) is 0 Å². The average Bonchev–Trinajstić information content (AvgIpc) is 2.11. The molecule has 0 aromatic rings. The molecule has 1 aliphatic heterocycles. The second-order valence-corrected chi connectivity index (χ2v) is 4.14. The first-order chi connectivity index (χ1) is 6.50. The smallest absolute Gasteiger partial charge is 0.163 e. The van der Waals surface area contributed by atoms with Gasteiger partial charge in [0, 0.05) is 12.3 Å². The molecule has 0 aromatic heterocycles. The molecule has 0 amide bonds. The van der Waals surface area contributed by atoms with Crippen molar-refractivity contribution in [1.29, 1.82) is 0 Å². The lowest BCUT2D eigenvalue weighted by molar-refractivity contribution is -0.307. The third kappa shape index (κ3) is 2.37. The van der Waals surface area contributed by atoms with Crippen molar-refractivity contribution in [2.45, 2.75) is 45.2 Å². The Bertz CT molecular complexity index is 250. The third-order valence-corrected chi connectivity index (χ3v) is 2.51. The molecule has 1 heterocycles. The van der Waals surface area contributed by atoms with Gasteiger partial charge < -0.3 is 9.47 Å². The van der Waals surface area contributed by atoms with Crippen LogP contribution < -0.4 is 0 Å². The van der Waals surface area contributed by atoms with E-state index in [0.717, 1.165) is 0 Å². The quantitative estimate of drug-likeness (QED) is 0.496. The standard InChI is InChI=1S/C12H18O2/c1-6-8-11-9(3)10(7-2)13-12(4,5)14-11/h1,7,9-11H,2,8H2,3-5H3/t9-,10+,11+/m0/s1. The fraction of sp³-hybridized carbons (Fsp3) is 0.667. The van der Waals surface area contributed by atoms with Crippen molar-refractivity contribution in [2.24, 2.45) is 5.92 Å². The maximum atomic E-state index is 5.75. The predicted molar refractivity (Wildman–Crippen MR) is 56.6 cm³/mol. The summed E-state index contributed by atoms with van der Waals surface area (Å²) in [5, 5.41) is 0. The lowest BCUT2D eigenvalue weighted by Gasteiger charge is -2.43. The zero-order valence-electron chi connectivity index (χ0n) is 9.12. The minimum atomic E-state index is -0.563. The van der Waals surface area contributed by atoms with Gasteiger partial charge in [0.25, 0.3) is 0 Å². The summed E-state index contributed by atoms with van der Waals surface area (Å²) in [6.07, 6.45) is 7.83.